The Labute approximate surface area is 176 Å². The summed E-state index contributed by atoms with van der Waals surface area (Å²) in [6.45, 7) is 3.71. The van der Waals surface area contributed by atoms with Gasteiger partial charge in [-0.1, -0.05) is 23.7 Å². The molecule has 0 saturated heterocycles. The van der Waals surface area contributed by atoms with Gasteiger partial charge in [-0.25, -0.2) is 15.0 Å². The van der Waals surface area contributed by atoms with Crippen molar-refractivity contribution in [3.05, 3.63) is 70.4 Å². The first-order chi connectivity index (χ1) is 14.2. The molecule has 0 amide bonds. The van der Waals surface area contributed by atoms with E-state index in [1.165, 1.54) is 12.3 Å². The molecule has 0 saturated carbocycles. The molecule has 3 aromatic rings. The maximum absolute atomic E-state index is 12.2. The minimum atomic E-state index is -4.78. The Hall–Kier alpha value is -2.87. The van der Waals surface area contributed by atoms with Crippen LogP contribution in [0.2, 0.25) is 5.02 Å². The Morgan fingerprint density at radius 1 is 0.933 bits per heavy atom. The van der Waals surface area contributed by atoms with Gasteiger partial charge in [0.2, 0.25) is 5.88 Å². The lowest BCUT2D eigenvalue weighted by atomic mass is 10.1. The first-order valence-corrected chi connectivity index (χ1v) is 9.55. The highest BCUT2D eigenvalue weighted by Gasteiger charge is 2.31. The van der Waals surface area contributed by atoms with Crippen molar-refractivity contribution >= 4 is 11.6 Å². The van der Waals surface area contributed by atoms with Crippen LogP contribution in [0, 0.1) is 13.8 Å². The summed E-state index contributed by atoms with van der Waals surface area (Å²) < 4.78 is 45.8. The minimum Gasteiger partial charge on any atom is -0.456 e. The second kappa shape index (κ2) is 9.30. The number of rotatable bonds is 7. The number of alkyl halides is 3. The summed E-state index contributed by atoms with van der Waals surface area (Å²) in [6, 6.07) is 9.91. The molecule has 9 heteroatoms. The summed E-state index contributed by atoms with van der Waals surface area (Å²) in [5.74, 6) is 1.02. The fourth-order valence-electron chi connectivity index (χ4n) is 2.86. The predicted octanol–water partition coefficient (Wildman–Crippen LogP) is 6.01. The van der Waals surface area contributed by atoms with E-state index in [1.807, 2.05) is 26.0 Å². The van der Waals surface area contributed by atoms with Crippen molar-refractivity contribution < 1.29 is 22.6 Å². The molecule has 0 fully saturated rings. The van der Waals surface area contributed by atoms with Crippen LogP contribution in [0.25, 0.3) is 0 Å². The summed E-state index contributed by atoms with van der Waals surface area (Å²) in [5.41, 5.74) is 2.76. The van der Waals surface area contributed by atoms with Gasteiger partial charge in [0, 0.05) is 6.07 Å². The molecule has 30 heavy (non-hydrogen) atoms. The third kappa shape index (κ3) is 6.32. The van der Waals surface area contributed by atoms with E-state index in [4.69, 9.17) is 16.3 Å². The third-order valence-corrected chi connectivity index (χ3v) is 4.66. The molecule has 0 aliphatic carbocycles. The number of nitrogens with zero attached hydrogens (tertiary/aromatic N) is 3. The van der Waals surface area contributed by atoms with E-state index in [2.05, 4.69) is 19.7 Å². The molecule has 5 nitrogen and oxygen atoms in total. The molecular formula is C21H19ClF3N3O2. The average molecular weight is 438 g/mol. The Morgan fingerprint density at radius 2 is 1.63 bits per heavy atom. The smallest absolute Gasteiger partial charge is 0.456 e. The quantitative estimate of drug-likeness (QED) is 0.453. The molecule has 2 heterocycles. The van der Waals surface area contributed by atoms with Gasteiger partial charge in [0.05, 0.1) is 22.6 Å². The van der Waals surface area contributed by atoms with Crippen LogP contribution >= 0.6 is 11.6 Å². The van der Waals surface area contributed by atoms with E-state index in [1.54, 1.807) is 12.1 Å². The van der Waals surface area contributed by atoms with Crippen LogP contribution in [-0.4, -0.2) is 21.3 Å². The van der Waals surface area contributed by atoms with Crippen LogP contribution in [0.3, 0.4) is 0 Å². The molecule has 158 valence electrons. The Bertz CT molecular complexity index is 994. The van der Waals surface area contributed by atoms with Crippen LogP contribution in [0.5, 0.6) is 17.4 Å². The Kier molecular flexibility index (Phi) is 6.77. The van der Waals surface area contributed by atoms with Crippen molar-refractivity contribution in [2.24, 2.45) is 0 Å². The fourth-order valence-corrected chi connectivity index (χ4v) is 3.04. The number of pyridine rings is 1. The SMILES string of the molecule is Cc1nc(C)c(Cl)c(CCCc2ccc(Oc3ccc(OC(F)(F)F)nc3)cc2)n1. The van der Waals surface area contributed by atoms with Crippen LogP contribution in [0.1, 0.15) is 29.2 Å². The summed E-state index contributed by atoms with van der Waals surface area (Å²) in [4.78, 5) is 12.2. The normalized spacial score (nSPS) is 11.4. The number of benzene rings is 1. The molecule has 0 aliphatic heterocycles. The third-order valence-electron chi connectivity index (χ3n) is 4.16. The van der Waals surface area contributed by atoms with Gasteiger partial charge in [-0.05, 0) is 56.9 Å². The molecule has 0 radical (unpaired) electrons. The highest BCUT2D eigenvalue weighted by atomic mass is 35.5. The first-order valence-electron chi connectivity index (χ1n) is 9.18. The summed E-state index contributed by atoms with van der Waals surface area (Å²) in [6.07, 6.45) is -1.14. The maximum atomic E-state index is 12.2. The van der Waals surface area contributed by atoms with Crippen molar-refractivity contribution in [2.75, 3.05) is 0 Å². The lowest BCUT2D eigenvalue weighted by Crippen LogP contribution is -2.17. The van der Waals surface area contributed by atoms with E-state index >= 15 is 0 Å². The average Bonchev–Trinajstić information content (AvgIpc) is 2.67. The van der Waals surface area contributed by atoms with E-state index < -0.39 is 12.2 Å². The van der Waals surface area contributed by atoms with E-state index in [-0.39, 0.29) is 0 Å². The number of halogens is 4. The Balaban J connectivity index is 1.53. The highest BCUT2D eigenvalue weighted by Crippen LogP contribution is 2.26. The van der Waals surface area contributed by atoms with Gasteiger partial charge in [0.1, 0.15) is 17.3 Å². The van der Waals surface area contributed by atoms with Crippen molar-refractivity contribution in [3.8, 4) is 17.4 Å². The van der Waals surface area contributed by atoms with Crippen LogP contribution in [0.15, 0.2) is 42.6 Å². The van der Waals surface area contributed by atoms with Gasteiger partial charge in [0.25, 0.3) is 0 Å². The molecule has 3 rings (SSSR count). The van der Waals surface area contributed by atoms with Gasteiger partial charge < -0.3 is 9.47 Å². The van der Waals surface area contributed by atoms with Crippen LogP contribution in [-0.2, 0) is 12.8 Å². The lowest BCUT2D eigenvalue weighted by Gasteiger charge is -2.10. The van der Waals surface area contributed by atoms with E-state index in [9.17, 15) is 13.2 Å². The molecular weight excluding hydrogens is 419 g/mol. The molecule has 0 bridgehead atoms. The maximum Gasteiger partial charge on any atom is 0.574 e. The number of hydrogen-bond acceptors (Lipinski definition) is 5. The van der Waals surface area contributed by atoms with Crippen molar-refractivity contribution in [3.63, 3.8) is 0 Å². The van der Waals surface area contributed by atoms with E-state index in [0.29, 0.717) is 22.3 Å². The van der Waals surface area contributed by atoms with Gasteiger partial charge in [-0.15, -0.1) is 13.2 Å². The van der Waals surface area contributed by atoms with Gasteiger partial charge >= 0.3 is 6.36 Å². The summed E-state index contributed by atoms with van der Waals surface area (Å²) >= 11 is 6.28. The molecule has 0 unspecified atom stereocenters. The van der Waals surface area contributed by atoms with E-state index in [0.717, 1.165) is 42.3 Å². The zero-order valence-electron chi connectivity index (χ0n) is 16.3. The standard InChI is InChI=1S/C21H19ClF3N3O2/c1-13-20(22)18(28-14(2)27-13)5-3-4-15-6-8-16(9-7-15)29-17-10-11-19(26-12-17)30-21(23,24)25/h6-12H,3-5H2,1-2H3. The Morgan fingerprint density at radius 3 is 2.27 bits per heavy atom. The van der Waals surface area contributed by atoms with Gasteiger partial charge in [-0.3, -0.25) is 0 Å². The second-order valence-corrected chi connectivity index (χ2v) is 6.97. The fraction of sp³-hybridized carbons (Fsp3) is 0.286. The van der Waals surface area contributed by atoms with Crippen LogP contribution < -0.4 is 9.47 Å². The zero-order chi connectivity index (χ0) is 21.7. The molecule has 1 aromatic carbocycles. The number of ether oxygens (including phenoxy) is 2. The van der Waals surface area contributed by atoms with Gasteiger partial charge in [-0.2, -0.15) is 0 Å². The molecule has 0 aliphatic rings. The monoisotopic (exact) mass is 437 g/mol. The van der Waals surface area contributed by atoms with Crippen molar-refractivity contribution in [1.82, 2.24) is 15.0 Å². The number of aryl methyl sites for hydroxylation is 4. The van der Waals surface area contributed by atoms with Crippen molar-refractivity contribution in [1.29, 1.82) is 0 Å². The summed E-state index contributed by atoms with van der Waals surface area (Å²) in [5, 5.41) is 0.615. The topological polar surface area (TPSA) is 57.1 Å². The second-order valence-electron chi connectivity index (χ2n) is 6.60. The first kappa shape index (κ1) is 21.8. The summed E-state index contributed by atoms with van der Waals surface area (Å²) in [7, 11) is 0. The largest absolute Gasteiger partial charge is 0.574 e. The molecule has 0 N–H and O–H groups in total. The van der Waals surface area contributed by atoms with Crippen molar-refractivity contribution in [2.45, 2.75) is 39.5 Å². The molecule has 2 aromatic heterocycles. The number of aromatic nitrogens is 3. The van der Waals surface area contributed by atoms with Crippen LogP contribution in [0.4, 0.5) is 13.2 Å². The number of hydrogen-bond donors (Lipinski definition) is 0. The molecule has 0 spiro atoms. The lowest BCUT2D eigenvalue weighted by molar-refractivity contribution is -0.276. The molecule has 0 atom stereocenters. The van der Waals surface area contributed by atoms with Gasteiger partial charge in [0.15, 0.2) is 0 Å². The zero-order valence-corrected chi connectivity index (χ0v) is 17.1. The predicted molar refractivity (Wildman–Crippen MR) is 106 cm³/mol. The minimum absolute atomic E-state index is 0.307. The highest BCUT2D eigenvalue weighted by molar-refractivity contribution is 6.31.